The van der Waals surface area contributed by atoms with Gasteiger partial charge in [0.25, 0.3) is 0 Å². The Balaban J connectivity index is 1.77. The second kappa shape index (κ2) is 6.75. The van der Waals surface area contributed by atoms with Crippen molar-refractivity contribution in [2.24, 2.45) is 0 Å². The van der Waals surface area contributed by atoms with Gasteiger partial charge in [-0.15, -0.1) is 0 Å². The van der Waals surface area contributed by atoms with Crippen LogP contribution < -0.4 is 5.32 Å². The Hall–Kier alpha value is -4.04. The maximum absolute atomic E-state index is 4.12. The summed E-state index contributed by atoms with van der Waals surface area (Å²) < 4.78 is 2.35. The first-order chi connectivity index (χ1) is 15.3. The van der Waals surface area contributed by atoms with E-state index in [1.165, 1.54) is 49.4 Å². The molecule has 0 spiro atoms. The minimum atomic E-state index is 1.09. The number of hydrogen-bond donors (Lipinski definition) is 1. The average Bonchev–Trinajstić information content (AvgIpc) is 3.34. The molecule has 0 bridgehead atoms. The van der Waals surface area contributed by atoms with Gasteiger partial charge in [0.2, 0.25) is 0 Å². The lowest BCUT2D eigenvalue weighted by Crippen LogP contribution is -1.94. The van der Waals surface area contributed by atoms with Gasteiger partial charge in [-0.25, -0.2) is 0 Å². The van der Waals surface area contributed by atoms with Gasteiger partial charge in [-0.05, 0) is 46.5 Å². The molecule has 6 aromatic rings. The third kappa shape index (κ3) is 2.52. The zero-order valence-corrected chi connectivity index (χ0v) is 17.4. The Morgan fingerprint density at radius 3 is 1.94 bits per heavy atom. The maximum Gasteiger partial charge on any atom is 0.118 e. The van der Waals surface area contributed by atoms with E-state index in [9.17, 15) is 0 Å². The second-order valence-electron chi connectivity index (χ2n) is 7.94. The van der Waals surface area contributed by atoms with Gasteiger partial charge in [-0.2, -0.15) is 0 Å². The SMILES string of the molecule is C=Cc1c(NC)n2c3ccc(-c4ccccc4)cc3c3cc(-c4ccccc4)cc1c32. The summed E-state index contributed by atoms with van der Waals surface area (Å²) in [7, 11) is 1.98. The molecule has 0 fully saturated rings. The standard InChI is InChI=1S/C29H22N2/c1-3-23-25-17-22(20-12-8-5-9-13-20)18-26-24-16-21(19-10-6-4-7-11-19)14-15-27(24)31(28(25)26)29(23)30-2/h3-18,30H,1H2,2H3. The minimum Gasteiger partial charge on any atom is -0.374 e. The Morgan fingerprint density at radius 2 is 1.29 bits per heavy atom. The van der Waals surface area contributed by atoms with Crippen LogP contribution in [0.25, 0.3) is 55.5 Å². The zero-order valence-electron chi connectivity index (χ0n) is 17.4. The van der Waals surface area contributed by atoms with Crippen molar-refractivity contribution in [3.8, 4) is 22.3 Å². The van der Waals surface area contributed by atoms with Crippen LogP contribution in [0.3, 0.4) is 0 Å². The molecule has 31 heavy (non-hydrogen) atoms. The molecular formula is C29H22N2. The molecule has 6 rings (SSSR count). The van der Waals surface area contributed by atoms with Gasteiger partial charge < -0.3 is 5.32 Å². The fraction of sp³-hybridized carbons (Fsp3) is 0.0345. The van der Waals surface area contributed by atoms with Gasteiger partial charge >= 0.3 is 0 Å². The van der Waals surface area contributed by atoms with Crippen molar-refractivity contribution in [2.45, 2.75) is 0 Å². The number of hydrogen-bond acceptors (Lipinski definition) is 1. The number of nitrogens with zero attached hydrogens (tertiary/aromatic N) is 1. The van der Waals surface area contributed by atoms with E-state index in [0.717, 1.165) is 11.4 Å². The van der Waals surface area contributed by atoms with Crippen molar-refractivity contribution in [1.82, 2.24) is 4.40 Å². The second-order valence-corrected chi connectivity index (χ2v) is 7.94. The van der Waals surface area contributed by atoms with E-state index in [2.05, 4.69) is 107 Å². The molecule has 2 heteroatoms. The van der Waals surface area contributed by atoms with Crippen LogP contribution in [0, 0.1) is 0 Å². The van der Waals surface area contributed by atoms with Crippen LogP contribution in [-0.2, 0) is 0 Å². The highest BCUT2D eigenvalue weighted by molar-refractivity contribution is 6.20. The molecule has 0 radical (unpaired) electrons. The lowest BCUT2D eigenvalue weighted by Gasteiger charge is -2.07. The predicted octanol–water partition coefficient (Wildman–Crippen LogP) is 7.70. The summed E-state index contributed by atoms with van der Waals surface area (Å²) >= 11 is 0. The van der Waals surface area contributed by atoms with Crippen molar-refractivity contribution in [3.63, 3.8) is 0 Å². The number of rotatable bonds is 4. The van der Waals surface area contributed by atoms with E-state index in [1.807, 2.05) is 13.1 Å². The van der Waals surface area contributed by atoms with E-state index in [4.69, 9.17) is 0 Å². The summed E-state index contributed by atoms with van der Waals surface area (Å²) in [5.74, 6) is 1.09. The summed E-state index contributed by atoms with van der Waals surface area (Å²) in [6.45, 7) is 4.12. The van der Waals surface area contributed by atoms with Gasteiger partial charge in [0.15, 0.2) is 0 Å². The molecule has 1 N–H and O–H groups in total. The molecule has 0 atom stereocenters. The Labute approximate surface area is 181 Å². The first-order valence-electron chi connectivity index (χ1n) is 10.6. The molecule has 0 saturated carbocycles. The first-order valence-corrected chi connectivity index (χ1v) is 10.6. The summed E-state index contributed by atoms with van der Waals surface area (Å²) in [5, 5.41) is 7.20. The van der Waals surface area contributed by atoms with Crippen LogP contribution >= 0.6 is 0 Å². The zero-order chi connectivity index (χ0) is 20.9. The number of benzene rings is 4. The van der Waals surface area contributed by atoms with Gasteiger partial charge in [0.05, 0.1) is 11.0 Å². The lowest BCUT2D eigenvalue weighted by molar-refractivity contribution is 1.26. The van der Waals surface area contributed by atoms with Crippen molar-refractivity contribution >= 4 is 39.1 Å². The van der Waals surface area contributed by atoms with Crippen molar-refractivity contribution in [3.05, 3.63) is 103 Å². The quantitative estimate of drug-likeness (QED) is 0.322. The molecule has 0 aliphatic heterocycles. The highest BCUT2D eigenvalue weighted by Gasteiger charge is 2.21. The van der Waals surface area contributed by atoms with Crippen molar-refractivity contribution in [1.29, 1.82) is 0 Å². The van der Waals surface area contributed by atoms with E-state index in [1.54, 1.807) is 0 Å². The van der Waals surface area contributed by atoms with Gasteiger partial charge in [0.1, 0.15) is 5.82 Å². The predicted molar refractivity (Wildman–Crippen MR) is 134 cm³/mol. The number of aromatic nitrogens is 1. The minimum absolute atomic E-state index is 1.09. The maximum atomic E-state index is 4.12. The van der Waals surface area contributed by atoms with Crippen molar-refractivity contribution in [2.75, 3.05) is 12.4 Å². The highest BCUT2D eigenvalue weighted by Crippen LogP contribution is 2.43. The molecule has 0 amide bonds. The smallest absolute Gasteiger partial charge is 0.118 e. The summed E-state index contributed by atoms with van der Waals surface area (Å²) in [6.07, 6.45) is 1.96. The van der Waals surface area contributed by atoms with Gasteiger partial charge in [-0.1, -0.05) is 79.4 Å². The molecule has 2 aromatic heterocycles. The molecule has 0 aliphatic rings. The van der Waals surface area contributed by atoms with Gasteiger partial charge in [0, 0.05) is 28.8 Å². The van der Waals surface area contributed by atoms with Crippen LogP contribution in [0.5, 0.6) is 0 Å². The molecule has 4 aromatic carbocycles. The summed E-state index contributed by atoms with van der Waals surface area (Å²) in [6, 6.07) is 32.6. The summed E-state index contributed by atoms with van der Waals surface area (Å²) in [4.78, 5) is 0. The van der Waals surface area contributed by atoms with Crippen LogP contribution in [0.15, 0.2) is 97.6 Å². The normalized spacial score (nSPS) is 11.5. The van der Waals surface area contributed by atoms with E-state index in [0.29, 0.717) is 0 Å². The third-order valence-electron chi connectivity index (χ3n) is 6.29. The molecule has 2 heterocycles. The van der Waals surface area contributed by atoms with Gasteiger partial charge in [-0.3, -0.25) is 4.40 Å². The molecule has 0 unspecified atom stereocenters. The number of nitrogens with one attached hydrogen (secondary N) is 1. The number of fused-ring (bicyclic) bond motifs is 3. The van der Waals surface area contributed by atoms with E-state index in [-0.39, 0.29) is 0 Å². The fourth-order valence-corrected chi connectivity index (χ4v) is 4.89. The Bertz CT molecular complexity index is 1560. The van der Waals surface area contributed by atoms with E-state index >= 15 is 0 Å². The third-order valence-corrected chi connectivity index (χ3v) is 6.29. The molecule has 2 nitrogen and oxygen atoms in total. The summed E-state index contributed by atoms with van der Waals surface area (Å²) in [5.41, 5.74) is 8.53. The molecular weight excluding hydrogens is 376 g/mol. The molecule has 148 valence electrons. The average molecular weight is 399 g/mol. The van der Waals surface area contributed by atoms with Crippen LogP contribution in [0.2, 0.25) is 0 Å². The Kier molecular flexibility index (Phi) is 3.87. The lowest BCUT2D eigenvalue weighted by atomic mass is 9.97. The monoisotopic (exact) mass is 398 g/mol. The van der Waals surface area contributed by atoms with Crippen LogP contribution in [0.1, 0.15) is 5.56 Å². The first kappa shape index (κ1) is 17.8. The highest BCUT2D eigenvalue weighted by atomic mass is 15.1. The topological polar surface area (TPSA) is 16.4 Å². The number of anilines is 1. The largest absolute Gasteiger partial charge is 0.374 e. The van der Waals surface area contributed by atoms with Crippen LogP contribution in [-0.4, -0.2) is 11.4 Å². The molecule has 0 saturated heterocycles. The molecule has 0 aliphatic carbocycles. The van der Waals surface area contributed by atoms with E-state index < -0.39 is 0 Å². The van der Waals surface area contributed by atoms with Crippen LogP contribution in [0.4, 0.5) is 5.82 Å². The Morgan fingerprint density at radius 1 is 0.677 bits per heavy atom. The fourth-order valence-electron chi connectivity index (χ4n) is 4.89. The van der Waals surface area contributed by atoms with Crippen molar-refractivity contribution < 1.29 is 0 Å².